The molecule has 0 saturated heterocycles. The standard InChI is InChI=1S/C16H17NO2S/c1-19-12-11-17-16(18)14-9-5-6-10-15(14)20-13-7-3-2-4-8-13/h2-10H,11-12H2,1H3,(H,17,18). The molecule has 2 rings (SSSR count). The molecule has 2 aromatic carbocycles. The molecule has 0 spiro atoms. The first kappa shape index (κ1) is 14.6. The smallest absolute Gasteiger partial charge is 0.252 e. The Bertz CT molecular complexity index is 557. The van der Waals surface area contributed by atoms with Crippen molar-refractivity contribution >= 4 is 17.7 Å². The van der Waals surface area contributed by atoms with E-state index < -0.39 is 0 Å². The van der Waals surface area contributed by atoms with Gasteiger partial charge in [-0.2, -0.15) is 0 Å². The van der Waals surface area contributed by atoms with Crippen LogP contribution in [0.5, 0.6) is 0 Å². The number of carbonyl (C=O) groups is 1. The molecule has 0 heterocycles. The number of hydrogen-bond donors (Lipinski definition) is 1. The highest BCUT2D eigenvalue weighted by Crippen LogP contribution is 2.30. The van der Waals surface area contributed by atoms with Crippen LogP contribution in [0.25, 0.3) is 0 Å². The first-order chi connectivity index (χ1) is 9.81. The highest BCUT2D eigenvalue weighted by molar-refractivity contribution is 7.99. The van der Waals surface area contributed by atoms with Gasteiger partial charge in [0.15, 0.2) is 0 Å². The van der Waals surface area contributed by atoms with Crippen molar-refractivity contribution in [2.24, 2.45) is 0 Å². The summed E-state index contributed by atoms with van der Waals surface area (Å²) in [5.74, 6) is -0.0684. The molecule has 0 aliphatic heterocycles. The minimum absolute atomic E-state index is 0.0684. The lowest BCUT2D eigenvalue weighted by Gasteiger charge is -2.09. The molecule has 0 aliphatic carbocycles. The van der Waals surface area contributed by atoms with Crippen LogP contribution in [-0.2, 0) is 4.74 Å². The molecule has 2 aromatic rings. The molecule has 1 amide bonds. The van der Waals surface area contributed by atoms with Crippen LogP contribution in [0, 0.1) is 0 Å². The van der Waals surface area contributed by atoms with Crippen molar-refractivity contribution in [1.29, 1.82) is 0 Å². The van der Waals surface area contributed by atoms with Gasteiger partial charge in [-0.1, -0.05) is 42.1 Å². The van der Waals surface area contributed by atoms with Crippen LogP contribution in [0.4, 0.5) is 0 Å². The lowest BCUT2D eigenvalue weighted by Crippen LogP contribution is -2.27. The van der Waals surface area contributed by atoms with Gasteiger partial charge in [-0.15, -0.1) is 0 Å². The Morgan fingerprint density at radius 1 is 1.10 bits per heavy atom. The first-order valence-corrected chi connectivity index (χ1v) is 7.22. The number of methoxy groups -OCH3 is 1. The SMILES string of the molecule is COCCNC(=O)c1ccccc1Sc1ccccc1. The van der Waals surface area contributed by atoms with Crippen LogP contribution in [0.15, 0.2) is 64.4 Å². The average Bonchev–Trinajstić information content (AvgIpc) is 2.49. The average molecular weight is 287 g/mol. The third kappa shape index (κ3) is 4.11. The Kier molecular flexibility index (Phi) is 5.65. The summed E-state index contributed by atoms with van der Waals surface area (Å²) in [5, 5.41) is 2.85. The molecule has 0 aliphatic rings. The molecule has 20 heavy (non-hydrogen) atoms. The fraction of sp³-hybridized carbons (Fsp3) is 0.188. The van der Waals surface area contributed by atoms with E-state index in [0.29, 0.717) is 18.7 Å². The van der Waals surface area contributed by atoms with Gasteiger partial charge >= 0.3 is 0 Å². The molecule has 0 bridgehead atoms. The first-order valence-electron chi connectivity index (χ1n) is 6.40. The Morgan fingerprint density at radius 3 is 2.55 bits per heavy atom. The van der Waals surface area contributed by atoms with Gasteiger partial charge in [0.1, 0.15) is 0 Å². The van der Waals surface area contributed by atoms with Gasteiger partial charge in [-0.3, -0.25) is 4.79 Å². The number of rotatable bonds is 6. The van der Waals surface area contributed by atoms with E-state index in [1.165, 1.54) is 0 Å². The van der Waals surface area contributed by atoms with E-state index in [1.54, 1.807) is 18.9 Å². The Balaban J connectivity index is 2.11. The normalized spacial score (nSPS) is 10.2. The van der Waals surface area contributed by atoms with Gasteiger partial charge in [-0.05, 0) is 24.3 Å². The number of hydrogen-bond acceptors (Lipinski definition) is 3. The van der Waals surface area contributed by atoms with Crippen LogP contribution < -0.4 is 5.32 Å². The third-order valence-electron chi connectivity index (χ3n) is 2.69. The summed E-state index contributed by atoms with van der Waals surface area (Å²) in [7, 11) is 1.62. The predicted molar refractivity (Wildman–Crippen MR) is 81.2 cm³/mol. The number of nitrogens with one attached hydrogen (secondary N) is 1. The maximum Gasteiger partial charge on any atom is 0.252 e. The zero-order valence-electron chi connectivity index (χ0n) is 11.3. The van der Waals surface area contributed by atoms with Gasteiger partial charge in [0.25, 0.3) is 5.91 Å². The van der Waals surface area contributed by atoms with Crippen molar-refractivity contribution in [2.45, 2.75) is 9.79 Å². The summed E-state index contributed by atoms with van der Waals surface area (Å²) in [6, 6.07) is 17.6. The third-order valence-corrected chi connectivity index (χ3v) is 3.78. The molecular formula is C16H17NO2S. The molecule has 3 nitrogen and oxygen atoms in total. The van der Waals surface area contributed by atoms with Crippen LogP contribution >= 0.6 is 11.8 Å². The molecular weight excluding hydrogens is 270 g/mol. The molecule has 4 heteroatoms. The second-order valence-electron chi connectivity index (χ2n) is 4.16. The molecule has 0 saturated carbocycles. The fourth-order valence-electron chi connectivity index (χ4n) is 1.72. The van der Waals surface area contributed by atoms with Crippen molar-refractivity contribution in [3.8, 4) is 0 Å². The lowest BCUT2D eigenvalue weighted by atomic mass is 10.2. The van der Waals surface area contributed by atoms with E-state index in [-0.39, 0.29) is 5.91 Å². The summed E-state index contributed by atoms with van der Waals surface area (Å²) in [5.41, 5.74) is 0.692. The Hall–Kier alpha value is -1.78. The van der Waals surface area contributed by atoms with Gasteiger partial charge in [0, 0.05) is 23.4 Å². The van der Waals surface area contributed by atoms with Gasteiger partial charge in [0.2, 0.25) is 0 Å². The van der Waals surface area contributed by atoms with Crippen LogP contribution in [0.2, 0.25) is 0 Å². The topological polar surface area (TPSA) is 38.3 Å². The Labute approximate surface area is 123 Å². The molecule has 0 unspecified atom stereocenters. The van der Waals surface area contributed by atoms with E-state index in [0.717, 1.165) is 9.79 Å². The molecule has 0 radical (unpaired) electrons. The van der Waals surface area contributed by atoms with E-state index >= 15 is 0 Å². The largest absolute Gasteiger partial charge is 0.383 e. The molecule has 1 N–H and O–H groups in total. The highest BCUT2D eigenvalue weighted by atomic mass is 32.2. The molecule has 0 aromatic heterocycles. The molecule has 104 valence electrons. The van der Waals surface area contributed by atoms with Crippen LogP contribution in [-0.4, -0.2) is 26.2 Å². The second kappa shape index (κ2) is 7.72. The van der Waals surface area contributed by atoms with Crippen molar-refractivity contribution in [3.63, 3.8) is 0 Å². The molecule has 0 atom stereocenters. The van der Waals surface area contributed by atoms with Gasteiger partial charge in [0.05, 0.1) is 12.2 Å². The minimum atomic E-state index is -0.0684. The monoisotopic (exact) mass is 287 g/mol. The maximum absolute atomic E-state index is 12.2. The lowest BCUT2D eigenvalue weighted by molar-refractivity contribution is 0.0934. The van der Waals surface area contributed by atoms with Crippen molar-refractivity contribution < 1.29 is 9.53 Å². The number of amides is 1. The second-order valence-corrected chi connectivity index (χ2v) is 5.28. The summed E-state index contributed by atoms with van der Waals surface area (Å²) in [6.45, 7) is 1.03. The van der Waals surface area contributed by atoms with E-state index in [4.69, 9.17) is 4.74 Å². The van der Waals surface area contributed by atoms with Crippen molar-refractivity contribution in [1.82, 2.24) is 5.32 Å². The Morgan fingerprint density at radius 2 is 1.80 bits per heavy atom. The summed E-state index contributed by atoms with van der Waals surface area (Å²) < 4.78 is 4.93. The minimum Gasteiger partial charge on any atom is -0.383 e. The number of benzene rings is 2. The zero-order valence-corrected chi connectivity index (χ0v) is 12.2. The fourth-order valence-corrected chi connectivity index (χ4v) is 2.69. The zero-order chi connectivity index (χ0) is 14.2. The van der Waals surface area contributed by atoms with E-state index in [1.807, 2.05) is 54.6 Å². The quantitative estimate of drug-likeness (QED) is 0.829. The summed E-state index contributed by atoms with van der Waals surface area (Å²) >= 11 is 1.59. The highest BCUT2D eigenvalue weighted by Gasteiger charge is 2.11. The predicted octanol–water partition coefficient (Wildman–Crippen LogP) is 3.21. The van der Waals surface area contributed by atoms with Crippen molar-refractivity contribution in [3.05, 3.63) is 60.2 Å². The number of ether oxygens (including phenoxy) is 1. The maximum atomic E-state index is 12.2. The van der Waals surface area contributed by atoms with Crippen molar-refractivity contribution in [2.75, 3.05) is 20.3 Å². The number of carbonyl (C=O) groups excluding carboxylic acids is 1. The van der Waals surface area contributed by atoms with E-state index in [2.05, 4.69) is 5.32 Å². The van der Waals surface area contributed by atoms with Gasteiger partial charge < -0.3 is 10.1 Å². The van der Waals surface area contributed by atoms with E-state index in [9.17, 15) is 4.79 Å². The summed E-state index contributed by atoms with van der Waals surface area (Å²) in [4.78, 5) is 14.2. The van der Waals surface area contributed by atoms with Gasteiger partial charge in [-0.25, -0.2) is 0 Å². The van der Waals surface area contributed by atoms with Crippen LogP contribution in [0.3, 0.4) is 0 Å². The summed E-state index contributed by atoms with van der Waals surface area (Å²) in [6.07, 6.45) is 0. The molecule has 0 fully saturated rings. The van der Waals surface area contributed by atoms with Crippen LogP contribution in [0.1, 0.15) is 10.4 Å².